The van der Waals surface area contributed by atoms with Crippen molar-refractivity contribution in [2.45, 2.75) is 0 Å². The molecule has 0 aliphatic heterocycles. The Morgan fingerprint density at radius 2 is 0.368 bits per heavy atom. The van der Waals surface area contributed by atoms with Gasteiger partial charge in [-0.3, -0.25) is 0 Å². The van der Waals surface area contributed by atoms with Crippen molar-refractivity contribution in [2.75, 3.05) is 19.6 Å². The molecule has 0 bridgehead atoms. The van der Waals surface area contributed by atoms with Gasteiger partial charge in [-0.2, -0.15) is 0 Å². The van der Waals surface area contributed by atoms with Gasteiger partial charge in [0, 0.05) is 67.6 Å². The smallest absolute Gasteiger partial charge is 0.0540 e. The van der Waals surface area contributed by atoms with Crippen molar-refractivity contribution in [3.05, 3.63) is 279 Å². The van der Waals surface area contributed by atoms with E-state index in [0.717, 1.165) is 68.2 Å². The molecule has 0 aliphatic carbocycles. The van der Waals surface area contributed by atoms with E-state index in [0.29, 0.717) is 0 Å². The summed E-state index contributed by atoms with van der Waals surface area (Å²) in [5.74, 6) is 0. The first kappa shape index (κ1) is 40.4. The lowest BCUT2D eigenvalue weighted by molar-refractivity contribution is 1.26. The minimum Gasteiger partial charge on any atom is -0.311 e. The predicted molar refractivity (Wildman–Crippen MR) is 289 cm³/mol. The fourth-order valence-corrected chi connectivity index (χ4v) is 9.87. The lowest BCUT2D eigenvalue weighted by atomic mass is 9.91. The largest absolute Gasteiger partial charge is 0.311 e. The van der Waals surface area contributed by atoms with Crippen molar-refractivity contribution in [1.29, 1.82) is 0 Å². The lowest BCUT2D eigenvalue weighted by Gasteiger charge is -2.30. The summed E-state index contributed by atoms with van der Waals surface area (Å²) in [4.78, 5) is 9.42. The zero-order chi connectivity index (χ0) is 45.2. The molecule has 0 unspecified atom stereocenters. The van der Waals surface area contributed by atoms with Crippen LogP contribution in [-0.4, -0.2) is 0 Å². The summed E-state index contributed by atoms with van der Waals surface area (Å²) in [6, 6.07) is 100. The first-order valence-electron chi connectivity index (χ1n) is 23.2. The van der Waals surface area contributed by atoms with Gasteiger partial charge in [0.15, 0.2) is 0 Å². The molecule has 68 heavy (non-hydrogen) atoms. The third kappa shape index (κ3) is 7.40. The molecule has 0 amide bonds. The Kier molecular flexibility index (Phi) is 10.5. The second-order valence-corrected chi connectivity index (χ2v) is 17.0. The highest BCUT2D eigenvalue weighted by molar-refractivity contribution is 6.28. The number of rotatable bonds is 12. The quantitative estimate of drug-likeness (QED) is 0.113. The Balaban J connectivity index is 0.988. The Labute approximate surface area is 397 Å². The molecule has 322 valence electrons. The number of benzene rings is 12. The molecule has 0 saturated carbocycles. The summed E-state index contributed by atoms with van der Waals surface area (Å²) in [5.41, 5.74) is 13.2. The predicted octanol–water partition coefficient (Wildman–Crippen LogP) is 18.5. The van der Waals surface area contributed by atoms with Crippen molar-refractivity contribution < 1.29 is 0 Å². The van der Waals surface area contributed by atoms with E-state index in [2.05, 4.69) is 299 Å². The van der Waals surface area contributed by atoms with Crippen molar-refractivity contribution >= 4 is 101 Å². The van der Waals surface area contributed by atoms with E-state index in [9.17, 15) is 0 Å². The Morgan fingerprint density at radius 1 is 0.162 bits per heavy atom. The Morgan fingerprint density at radius 3 is 0.632 bits per heavy atom. The van der Waals surface area contributed by atoms with Crippen LogP contribution in [0, 0.1) is 0 Å². The van der Waals surface area contributed by atoms with E-state index < -0.39 is 0 Å². The summed E-state index contributed by atoms with van der Waals surface area (Å²) >= 11 is 0. The van der Waals surface area contributed by atoms with Crippen molar-refractivity contribution in [2.24, 2.45) is 0 Å². The molecule has 0 aromatic heterocycles. The zero-order valence-electron chi connectivity index (χ0n) is 37.3. The summed E-state index contributed by atoms with van der Waals surface area (Å²) < 4.78 is 0. The van der Waals surface area contributed by atoms with Gasteiger partial charge in [-0.15, -0.1) is 0 Å². The SMILES string of the molecule is c1ccc(N(c2ccccc2)c2ccc(N(c3ccccc3)c3ccc4ccc5c(N(c6ccccc6)c6ccc(N(c7ccccc7)c7ccccc7)cc6)ccc6ccc3c4c65)cc2)cc1. The number of anilines is 12. The molecule has 0 spiro atoms. The fourth-order valence-electron chi connectivity index (χ4n) is 9.87. The molecule has 0 saturated heterocycles. The minimum absolute atomic E-state index is 1.08. The van der Waals surface area contributed by atoms with E-state index >= 15 is 0 Å². The molecule has 0 radical (unpaired) electrons. The topological polar surface area (TPSA) is 13.0 Å². The number of hydrogen-bond donors (Lipinski definition) is 0. The molecule has 12 rings (SSSR count). The van der Waals surface area contributed by atoms with Crippen LogP contribution in [0.4, 0.5) is 68.2 Å². The highest BCUT2D eigenvalue weighted by Crippen LogP contribution is 2.48. The van der Waals surface area contributed by atoms with Crippen LogP contribution in [0.25, 0.3) is 32.3 Å². The summed E-state index contributed by atoms with van der Waals surface area (Å²) in [6.45, 7) is 0. The van der Waals surface area contributed by atoms with Crippen LogP contribution in [0.2, 0.25) is 0 Å². The monoisotopic (exact) mass is 870 g/mol. The lowest BCUT2D eigenvalue weighted by Crippen LogP contribution is -2.13. The van der Waals surface area contributed by atoms with Gasteiger partial charge in [-0.25, -0.2) is 0 Å². The maximum absolute atomic E-state index is 2.40. The molecule has 4 nitrogen and oxygen atoms in total. The van der Waals surface area contributed by atoms with Crippen LogP contribution in [-0.2, 0) is 0 Å². The van der Waals surface area contributed by atoms with E-state index in [1.54, 1.807) is 0 Å². The molecule has 0 atom stereocenters. The normalized spacial score (nSPS) is 11.2. The van der Waals surface area contributed by atoms with Crippen LogP contribution in [0.1, 0.15) is 0 Å². The molecule has 12 aromatic rings. The Hall–Kier alpha value is -9.12. The van der Waals surface area contributed by atoms with Gasteiger partial charge in [0.1, 0.15) is 0 Å². The molecule has 12 aromatic carbocycles. The molecule has 0 N–H and O–H groups in total. The third-order valence-corrected chi connectivity index (χ3v) is 12.9. The summed E-state index contributed by atoms with van der Waals surface area (Å²) in [6.07, 6.45) is 0. The fraction of sp³-hybridized carbons (Fsp3) is 0. The van der Waals surface area contributed by atoms with Crippen LogP contribution in [0.5, 0.6) is 0 Å². The maximum atomic E-state index is 2.40. The molecule has 4 heteroatoms. The third-order valence-electron chi connectivity index (χ3n) is 12.9. The van der Waals surface area contributed by atoms with Gasteiger partial charge in [-0.05, 0) is 155 Å². The second-order valence-electron chi connectivity index (χ2n) is 17.0. The average molecular weight is 871 g/mol. The molecule has 0 aliphatic rings. The van der Waals surface area contributed by atoms with Gasteiger partial charge in [0.25, 0.3) is 0 Å². The van der Waals surface area contributed by atoms with E-state index in [4.69, 9.17) is 0 Å². The van der Waals surface area contributed by atoms with E-state index in [1.165, 1.54) is 32.3 Å². The summed E-state index contributed by atoms with van der Waals surface area (Å²) in [7, 11) is 0. The van der Waals surface area contributed by atoms with Gasteiger partial charge in [0.2, 0.25) is 0 Å². The van der Waals surface area contributed by atoms with Crippen LogP contribution in [0.3, 0.4) is 0 Å². The van der Waals surface area contributed by atoms with Crippen LogP contribution < -0.4 is 19.6 Å². The maximum Gasteiger partial charge on any atom is 0.0540 e. The number of hydrogen-bond acceptors (Lipinski definition) is 4. The van der Waals surface area contributed by atoms with E-state index in [1.807, 2.05) is 0 Å². The highest BCUT2D eigenvalue weighted by atomic mass is 15.2. The van der Waals surface area contributed by atoms with Gasteiger partial charge in [0.05, 0.1) is 11.4 Å². The van der Waals surface area contributed by atoms with Gasteiger partial charge >= 0.3 is 0 Å². The average Bonchev–Trinajstić information content (AvgIpc) is 3.41. The zero-order valence-corrected chi connectivity index (χ0v) is 37.3. The van der Waals surface area contributed by atoms with Crippen molar-refractivity contribution in [3.8, 4) is 0 Å². The number of para-hydroxylation sites is 6. The summed E-state index contributed by atoms with van der Waals surface area (Å²) in [5, 5.41) is 7.31. The molecule has 0 fully saturated rings. The first-order chi connectivity index (χ1) is 33.8. The standard InChI is InChI=1S/C64H46N4/c1-7-19-49(20-8-1)65(50-21-9-2-10-22-50)55-35-39-57(40-36-55)67(53-27-15-5-16-28-53)61-45-33-47-32-44-60-62(46-34-48-31-43-59(61)63(47)64(48)60)68(54-29-17-6-18-30-54)58-41-37-56(38-42-58)66(51-23-11-3-12-24-51)52-25-13-4-14-26-52/h1-46H. The number of nitrogens with zero attached hydrogens (tertiary/aromatic N) is 4. The van der Waals surface area contributed by atoms with Crippen LogP contribution >= 0.6 is 0 Å². The molecular formula is C64H46N4. The van der Waals surface area contributed by atoms with Crippen molar-refractivity contribution in [3.63, 3.8) is 0 Å². The molecule has 0 heterocycles. The van der Waals surface area contributed by atoms with Gasteiger partial charge < -0.3 is 19.6 Å². The first-order valence-corrected chi connectivity index (χ1v) is 23.2. The minimum atomic E-state index is 1.08. The Bertz CT molecular complexity index is 3270. The molecular weight excluding hydrogens is 825 g/mol. The highest BCUT2D eigenvalue weighted by Gasteiger charge is 2.23. The van der Waals surface area contributed by atoms with Crippen molar-refractivity contribution in [1.82, 2.24) is 0 Å². The second kappa shape index (κ2) is 17.7. The van der Waals surface area contributed by atoms with E-state index in [-0.39, 0.29) is 0 Å². The van der Waals surface area contributed by atoms with Gasteiger partial charge in [-0.1, -0.05) is 146 Å². The van der Waals surface area contributed by atoms with Crippen LogP contribution in [0.15, 0.2) is 279 Å².